The molecule has 152 valence electrons. The molecule has 1 aromatic heterocycles. The van der Waals surface area contributed by atoms with Crippen LogP contribution in [0.4, 0.5) is 30.6 Å². The molecule has 0 aliphatic heterocycles. The average Bonchev–Trinajstić information content (AvgIpc) is 2.69. The van der Waals surface area contributed by atoms with Crippen LogP contribution in [-0.2, 0) is 19.3 Å². The summed E-state index contributed by atoms with van der Waals surface area (Å²) in [5.74, 6) is -0.352. The summed E-state index contributed by atoms with van der Waals surface area (Å²) in [7, 11) is 0. The lowest BCUT2D eigenvalue weighted by Crippen LogP contribution is -2.14. The predicted octanol–water partition coefficient (Wildman–Crippen LogP) is 5.62. The van der Waals surface area contributed by atoms with E-state index in [-0.39, 0.29) is 18.3 Å². The number of nitrogens with zero attached hydrogens (tertiary/aromatic N) is 2. The topological polar surface area (TPSA) is 75.9 Å². The number of hydrogen-bond acceptors (Lipinski definition) is 5. The normalized spacial score (nSPS) is 11.4. The van der Waals surface area contributed by atoms with Crippen LogP contribution in [0.2, 0.25) is 10.0 Å². The maximum atomic E-state index is 13.3. The second-order valence-electron chi connectivity index (χ2n) is 6.08. The number of anilines is 3. The van der Waals surface area contributed by atoms with E-state index in [2.05, 4.69) is 20.6 Å². The number of alkyl halides is 3. The van der Waals surface area contributed by atoms with Crippen LogP contribution < -0.4 is 16.4 Å². The number of nitrogens with one attached hydrogen (secondary N) is 2. The standard InChI is InChI=1S/C19H16Cl2F3N5/c20-15-6-5-13(7-16(15)21)28-18-27-10-14(19(22,23)24)17(29-18)26-9-12-3-1-11(8-25)2-4-12/h1-7,10H,8-9,25H2,(H2,26,27,28,29). The van der Waals surface area contributed by atoms with Crippen molar-refractivity contribution >= 4 is 40.7 Å². The van der Waals surface area contributed by atoms with Crippen LogP contribution in [-0.4, -0.2) is 9.97 Å². The Morgan fingerprint density at radius 1 is 0.966 bits per heavy atom. The Morgan fingerprint density at radius 3 is 2.28 bits per heavy atom. The Morgan fingerprint density at radius 2 is 1.66 bits per heavy atom. The van der Waals surface area contributed by atoms with Gasteiger partial charge in [-0.15, -0.1) is 0 Å². The van der Waals surface area contributed by atoms with Crippen LogP contribution in [0.15, 0.2) is 48.7 Å². The minimum absolute atomic E-state index is 0.0163. The Bertz CT molecular complexity index is 994. The van der Waals surface area contributed by atoms with E-state index >= 15 is 0 Å². The quantitative estimate of drug-likeness (QED) is 0.462. The van der Waals surface area contributed by atoms with Gasteiger partial charge in [0.05, 0.1) is 10.0 Å². The molecule has 2 aromatic carbocycles. The zero-order valence-corrected chi connectivity index (χ0v) is 16.4. The summed E-state index contributed by atoms with van der Waals surface area (Å²) in [4.78, 5) is 7.74. The molecule has 5 nitrogen and oxygen atoms in total. The first-order valence-corrected chi connectivity index (χ1v) is 9.20. The van der Waals surface area contributed by atoms with E-state index in [1.165, 1.54) is 6.07 Å². The summed E-state index contributed by atoms with van der Waals surface area (Å²) < 4.78 is 40.0. The van der Waals surface area contributed by atoms with Crippen molar-refractivity contribution in [3.05, 3.63) is 75.4 Å². The zero-order chi connectivity index (χ0) is 21.0. The molecule has 0 spiro atoms. The lowest BCUT2D eigenvalue weighted by Gasteiger charge is -2.15. The molecule has 0 saturated carbocycles. The number of hydrogen-bond donors (Lipinski definition) is 3. The number of nitrogens with two attached hydrogens (primary N) is 1. The lowest BCUT2D eigenvalue weighted by atomic mass is 10.1. The SMILES string of the molecule is NCc1ccc(CNc2nc(Nc3ccc(Cl)c(Cl)c3)ncc2C(F)(F)F)cc1. The van der Waals surface area contributed by atoms with Crippen LogP contribution in [0.5, 0.6) is 0 Å². The van der Waals surface area contributed by atoms with Gasteiger partial charge in [0, 0.05) is 25.0 Å². The molecule has 0 atom stereocenters. The van der Waals surface area contributed by atoms with Gasteiger partial charge in [-0.1, -0.05) is 47.5 Å². The molecule has 1 heterocycles. The third-order valence-electron chi connectivity index (χ3n) is 3.99. The van der Waals surface area contributed by atoms with Gasteiger partial charge >= 0.3 is 6.18 Å². The van der Waals surface area contributed by atoms with Crippen LogP contribution in [0, 0.1) is 0 Å². The van der Waals surface area contributed by atoms with E-state index in [0.29, 0.717) is 22.3 Å². The molecule has 10 heteroatoms. The van der Waals surface area contributed by atoms with Crippen molar-refractivity contribution in [1.82, 2.24) is 9.97 Å². The highest BCUT2D eigenvalue weighted by atomic mass is 35.5. The molecule has 4 N–H and O–H groups in total. The predicted molar refractivity (Wildman–Crippen MR) is 108 cm³/mol. The minimum Gasteiger partial charge on any atom is -0.365 e. The van der Waals surface area contributed by atoms with E-state index < -0.39 is 11.7 Å². The van der Waals surface area contributed by atoms with Crippen molar-refractivity contribution < 1.29 is 13.2 Å². The van der Waals surface area contributed by atoms with E-state index in [1.807, 2.05) is 12.1 Å². The molecular formula is C19H16Cl2F3N5. The van der Waals surface area contributed by atoms with Gasteiger partial charge in [0.2, 0.25) is 5.95 Å². The van der Waals surface area contributed by atoms with Gasteiger partial charge < -0.3 is 16.4 Å². The molecule has 0 amide bonds. The van der Waals surface area contributed by atoms with Gasteiger partial charge in [0.25, 0.3) is 0 Å². The zero-order valence-electron chi connectivity index (χ0n) is 14.9. The van der Waals surface area contributed by atoms with Gasteiger partial charge in [0.15, 0.2) is 0 Å². The van der Waals surface area contributed by atoms with E-state index in [9.17, 15) is 13.2 Å². The summed E-state index contributed by atoms with van der Waals surface area (Å²) >= 11 is 11.8. The third kappa shape index (κ3) is 5.50. The van der Waals surface area contributed by atoms with E-state index in [1.54, 1.807) is 24.3 Å². The van der Waals surface area contributed by atoms with Crippen molar-refractivity contribution in [1.29, 1.82) is 0 Å². The number of rotatable bonds is 6. The number of benzene rings is 2. The van der Waals surface area contributed by atoms with Crippen molar-refractivity contribution in [3.8, 4) is 0 Å². The molecule has 3 rings (SSSR count). The Hall–Kier alpha value is -2.55. The maximum absolute atomic E-state index is 13.3. The Kier molecular flexibility index (Phi) is 6.46. The van der Waals surface area contributed by atoms with Crippen molar-refractivity contribution in [2.75, 3.05) is 10.6 Å². The van der Waals surface area contributed by atoms with E-state index in [0.717, 1.165) is 17.3 Å². The highest BCUT2D eigenvalue weighted by molar-refractivity contribution is 6.42. The summed E-state index contributed by atoms with van der Waals surface area (Å²) in [6.45, 7) is 0.540. The third-order valence-corrected chi connectivity index (χ3v) is 4.73. The molecule has 0 aliphatic rings. The molecule has 0 radical (unpaired) electrons. The summed E-state index contributed by atoms with van der Waals surface area (Å²) in [6, 6.07) is 11.9. The van der Waals surface area contributed by atoms with Gasteiger partial charge in [-0.3, -0.25) is 0 Å². The molecule has 0 unspecified atom stereocenters. The second kappa shape index (κ2) is 8.86. The smallest absolute Gasteiger partial charge is 0.365 e. The number of halogens is 5. The summed E-state index contributed by atoms with van der Waals surface area (Å²) in [6.07, 6.45) is -3.87. The fraction of sp³-hybridized carbons (Fsp3) is 0.158. The van der Waals surface area contributed by atoms with Crippen LogP contribution >= 0.6 is 23.2 Å². The number of aromatic nitrogens is 2. The Balaban J connectivity index is 1.83. The van der Waals surface area contributed by atoms with Crippen molar-refractivity contribution in [3.63, 3.8) is 0 Å². The van der Waals surface area contributed by atoms with Crippen molar-refractivity contribution in [2.45, 2.75) is 19.3 Å². The molecule has 0 bridgehead atoms. The molecule has 29 heavy (non-hydrogen) atoms. The summed E-state index contributed by atoms with van der Waals surface area (Å²) in [5.41, 5.74) is 6.79. The lowest BCUT2D eigenvalue weighted by molar-refractivity contribution is -0.137. The average molecular weight is 442 g/mol. The molecule has 3 aromatic rings. The fourth-order valence-corrected chi connectivity index (χ4v) is 2.76. The fourth-order valence-electron chi connectivity index (χ4n) is 2.47. The molecule has 0 aliphatic carbocycles. The maximum Gasteiger partial charge on any atom is 0.421 e. The van der Waals surface area contributed by atoms with Gasteiger partial charge in [-0.25, -0.2) is 4.98 Å². The van der Waals surface area contributed by atoms with E-state index in [4.69, 9.17) is 28.9 Å². The molecular weight excluding hydrogens is 426 g/mol. The summed E-state index contributed by atoms with van der Waals surface area (Å²) in [5, 5.41) is 6.20. The molecule has 0 fully saturated rings. The van der Waals surface area contributed by atoms with Crippen molar-refractivity contribution in [2.24, 2.45) is 5.73 Å². The first kappa shape index (κ1) is 21.2. The Labute approximate surface area is 175 Å². The molecule has 0 saturated heterocycles. The largest absolute Gasteiger partial charge is 0.421 e. The monoisotopic (exact) mass is 441 g/mol. The van der Waals surface area contributed by atoms with Crippen LogP contribution in [0.25, 0.3) is 0 Å². The highest BCUT2D eigenvalue weighted by Gasteiger charge is 2.35. The minimum atomic E-state index is -4.60. The first-order chi connectivity index (χ1) is 13.8. The van der Waals surface area contributed by atoms with Crippen LogP contribution in [0.1, 0.15) is 16.7 Å². The van der Waals surface area contributed by atoms with Gasteiger partial charge in [-0.2, -0.15) is 18.2 Å². The second-order valence-corrected chi connectivity index (χ2v) is 6.90. The first-order valence-electron chi connectivity index (χ1n) is 8.44. The highest BCUT2D eigenvalue weighted by Crippen LogP contribution is 2.34. The van der Waals surface area contributed by atoms with Gasteiger partial charge in [0.1, 0.15) is 11.4 Å². The van der Waals surface area contributed by atoms with Crippen LogP contribution in [0.3, 0.4) is 0 Å². The van der Waals surface area contributed by atoms with Gasteiger partial charge in [-0.05, 0) is 29.3 Å².